The Kier molecular flexibility index (Phi) is 5.72. The monoisotopic (exact) mass is 332 g/mol. The van der Waals surface area contributed by atoms with Gasteiger partial charge in [0.15, 0.2) is 0 Å². The van der Waals surface area contributed by atoms with E-state index in [0.717, 1.165) is 22.3 Å². The lowest BCUT2D eigenvalue weighted by molar-refractivity contribution is 1.46. The molecule has 0 radical (unpaired) electrons. The maximum absolute atomic E-state index is 3.28. The Morgan fingerprint density at radius 1 is 0.654 bits per heavy atom. The number of hydrogen-bond donors (Lipinski definition) is 0. The van der Waals surface area contributed by atoms with Gasteiger partial charge in [0, 0.05) is 22.8 Å². The van der Waals surface area contributed by atoms with Crippen LogP contribution in [0.15, 0.2) is 84.9 Å². The lowest BCUT2D eigenvalue weighted by Gasteiger charge is -1.98. The van der Waals surface area contributed by atoms with Crippen molar-refractivity contribution in [3.8, 4) is 23.7 Å². The second-order valence-corrected chi connectivity index (χ2v) is 6.18. The second kappa shape index (κ2) is 8.57. The molecule has 0 unspecified atom stereocenters. The van der Waals surface area contributed by atoms with Crippen LogP contribution in [0.25, 0.3) is 5.57 Å². The summed E-state index contributed by atoms with van der Waals surface area (Å²) in [5, 5.41) is 0. The third-order valence-corrected chi connectivity index (χ3v) is 3.96. The molecular formula is C26H20. The maximum Gasteiger partial charge on any atom is 0.0405 e. The lowest BCUT2D eigenvalue weighted by Crippen LogP contribution is -1.82. The Morgan fingerprint density at radius 3 is 1.77 bits per heavy atom. The molecule has 3 aromatic rings. The molecular weight excluding hydrogens is 312 g/mol. The van der Waals surface area contributed by atoms with Gasteiger partial charge in [0.1, 0.15) is 0 Å². The lowest BCUT2D eigenvalue weighted by atomic mass is 10.0. The van der Waals surface area contributed by atoms with Crippen LogP contribution in [0.3, 0.4) is 0 Å². The van der Waals surface area contributed by atoms with Gasteiger partial charge in [-0.3, -0.25) is 0 Å². The number of allylic oxidation sites excluding steroid dienone is 2. The van der Waals surface area contributed by atoms with E-state index >= 15 is 0 Å². The largest absolute Gasteiger partial charge is 0.0683 e. The van der Waals surface area contributed by atoms with Crippen molar-refractivity contribution in [2.24, 2.45) is 0 Å². The summed E-state index contributed by atoms with van der Waals surface area (Å²) in [7, 11) is 0. The molecule has 0 bridgehead atoms. The van der Waals surface area contributed by atoms with Crippen molar-refractivity contribution in [1.82, 2.24) is 0 Å². The SMILES string of the molecule is Cc1ccc(C#C/C=C(\C#Cc2ccc(C)cc2)c2ccccc2)cc1. The Balaban J connectivity index is 1.92. The van der Waals surface area contributed by atoms with E-state index in [2.05, 4.69) is 73.9 Å². The van der Waals surface area contributed by atoms with Gasteiger partial charge in [0.2, 0.25) is 0 Å². The second-order valence-electron chi connectivity index (χ2n) is 6.18. The highest BCUT2D eigenvalue weighted by Crippen LogP contribution is 2.13. The van der Waals surface area contributed by atoms with Crippen molar-refractivity contribution in [3.05, 3.63) is 113 Å². The van der Waals surface area contributed by atoms with Crippen molar-refractivity contribution in [2.75, 3.05) is 0 Å². The molecule has 0 aliphatic carbocycles. The van der Waals surface area contributed by atoms with E-state index < -0.39 is 0 Å². The molecule has 3 rings (SSSR count). The van der Waals surface area contributed by atoms with Gasteiger partial charge in [-0.05, 0) is 43.7 Å². The summed E-state index contributed by atoms with van der Waals surface area (Å²) in [6, 6.07) is 26.6. The Labute approximate surface area is 156 Å². The molecule has 0 aliphatic rings. The van der Waals surface area contributed by atoms with Crippen molar-refractivity contribution in [3.63, 3.8) is 0 Å². The zero-order chi connectivity index (χ0) is 18.2. The molecule has 0 heteroatoms. The van der Waals surface area contributed by atoms with Gasteiger partial charge < -0.3 is 0 Å². The minimum absolute atomic E-state index is 0.922. The molecule has 0 aliphatic heterocycles. The summed E-state index contributed by atoms with van der Waals surface area (Å²) >= 11 is 0. The summed E-state index contributed by atoms with van der Waals surface area (Å²) < 4.78 is 0. The Bertz CT molecular complexity index is 1010. The first-order chi connectivity index (χ1) is 12.7. The first-order valence-electron chi connectivity index (χ1n) is 8.63. The quantitative estimate of drug-likeness (QED) is 0.495. The fourth-order valence-corrected chi connectivity index (χ4v) is 2.41. The van der Waals surface area contributed by atoms with Gasteiger partial charge in [-0.15, -0.1) is 0 Å². The fourth-order valence-electron chi connectivity index (χ4n) is 2.41. The molecule has 124 valence electrons. The first-order valence-corrected chi connectivity index (χ1v) is 8.63. The average Bonchev–Trinajstić information content (AvgIpc) is 2.68. The van der Waals surface area contributed by atoms with Gasteiger partial charge in [-0.1, -0.05) is 89.4 Å². The van der Waals surface area contributed by atoms with Gasteiger partial charge in [-0.2, -0.15) is 0 Å². The zero-order valence-electron chi connectivity index (χ0n) is 15.1. The topological polar surface area (TPSA) is 0 Å². The van der Waals surface area contributed by atoms with E-state index in [1.807, 2.05) is 48.5 Å². The number of rotatable bonds is 1. The number of aryl methyl sites for hydroxylation is 2. The molecule has 0 aromatic heterocycles. The van der Waals surface area contributed by atoms with E-state index in [1.54, 1.807) is 0 Å². The molecule has 0 saturated heterocycles. The van der Waals surface area contributed by atoms with Crippen LogP contribution >= 0.6 is 0 Å². The summed E-state index contributed by atoms with van der Waals surface area (Å²) in [6.45, 7) is 4.15. The number of benzene rings is 3. The highest BCUT2D eigenvalue weighted by molar-refractivity contribution is 5.81. The van der Waals surface area contributed by atoms with Crippen LogP contribution in [-0.2, 0) is 0 Å². The Hall–Kier alpha value is -3.48. The summed E-state index contributed by atoms with van der Waals surface area (Å²) in [4.78, 5) is 0. The highest BCUT2D eigenvalue weighted by Gasteiger charge is 1.96. The summed E-state index contributed by atoms with van der Waals surface area (Å²) in [5.41, 5.74) is 6.48. The van der Waals surface area contributed by atoms with Crippen LogP contribution in [0.2, 0.25) is 0 Å². The van der Waals surface area contributed by atoms with E-state index in [0.29, 0.717) is 0 Å². The molecule has 26 heavy (non-hydrogen) atoms. The van der Waals surface area contributed by atoms with Gasteiger partial charge >= 0.3 is 0 Å². The number of hydrogen-bond acceptors (Lipinski definition) is 0. The molecule has 0 amide bonds. The maximum atomic E-state index is 3.28. The molecule has 0 heterocycles. The summed E-state index contributed by atoms with van der Waals surface area (Å²) in [5.74, 6) is 12.9. The minimum Gasteiger partial charge on any atom is -0.0683 e. The van der Waals surface area contributed by atoms with Gasteiger partial charge in [0.25, 0.3) is 0 Å². The average molecular weight is 332 g/mol. The van der Waals surface area contributed by atoms with Crippen molar-refractivity contribution in [1.29, 1.82) is 0 Å². The Morgan fingerprint density at radius 2 is 1.19 bits per heavy atom. The summed E-state index contributed by atoms with van der Waals surface area (Å²) in [6.07, 6.45) is 1.90. The van der Waals surface area contributed by atoms with E-state index in [1.165, 1.54) is 11.1 Å². The molecule has 0 saturated carbocycles. The van der Waals surface area contributed by atoms with Crippen LogP contribution in [0, 0.1) is 37.5 Å². The molecule has 0 spiro atoms. The van der Waals surface area contributed by atoms with E-state index in [4.69, 9.17) is 0 Å². The van der Waals surface area contributed by atoms with Crippen molar-refractivity contribution >= 4 is 5.57 Å². The molecule has 3 aromatic carbocycles. The molecule has 0 N–H and O–H groups in total. The molecule has 0 fully saturated rings. The van der Waals surface area contributed by atoms with Crippen molar-refractivity contribution in [2.45, 2.75) is 13.8 Å². The van der Waals surface area contributed by atoms with E-state index in [-0.39, 0.29) is 0 Å². The molecule has 0 nitrogen and oxygen atoms in total. The normalized spacial score (nSPS) is 10.3. The standard InChI is InChI=1S/C26H20/c1-21-11-15-23(16-12-21)7-6-10-26(25-8-4-3-5-9-25)20-19-24-17-13-22(2)14-18-24/h3-5,8-18H,1-2H3/b26-10+. The van der Waals surface area contributed by atoms with Crippen LogP contribution in [-0.4, -0.2) is 0 Å². The highest BCUT2D eigenvalue weighted by atomic mass is 14.0. The zero-order valence-corrected chi connectivity index (χ0v) is 15.1. The van der Waals surface area contributed by atoms with Crippen LogP contribution in [0.5, 0.6) is 0 Å². The third-order valence-electron chi connectivity index (χ3n) is 3.96. The predicted molar refractivity (Wildman–Crippen MR) is 111 cm³/mol. The van der Waals surface area contributed by atoms with Crippen LogP contribution in [0.4, 0.5) is 0 Å². The smallest absolute Gasteiger partial charge is 0.0405 e. The van der Waals surface area contributed by atoms with E-state index in [9.17, 15) is 0 Å². The van der Waals surface area contributed by atoms with Crippen LogP contribution in [0.1, 0.15) is 27.8 Å². The van der Waals surface area contributed by atoms with Crippen molar-refractivity contribution < 1.29 is 0 Å². The molecule has 0 atom stereocenters. The fraction of sp³-hybridized carbons (Fsp3) is 0.0769. The van der Waals surface area contributed by atoms with Gasteiger partial charge in [-0.25, -0.2) is 0 Å². The van der Waals surface area contributed by atoms with Crippen LogP contribution < -0.4 is 0 Å². The predicted octanol–water partition coefficient (Wildman–Crippen LogP) is 5.79. The third kappa shape index (κ3) is 5.01. The van der Waals surface area contributed by atoms with Gasteiger partial charge in [0.05, 0.1) is 0 Å². The minimum atomic E-state index is 0.922. The first kappa shape index (κ1) is 17.3.